The number of allylic oxidation sites excluding steroid dienone is 3. The van der Waals surface area contributed by atoms with Crippen LogP contribution in [-0.4, -0.2) is 34.9 Å². The van der Waals surface area contributed by atoms with Crippen LogP contribution in [0, 0.1) is 0 Å². The lowest BCUT2D eigenvalue weighted by Crippen LogP contribution is -2.45. The van der Waals surface area contributed by atoms with Crippen molar-refractivity contribution in [3.8, 4) is 0 Å². The molecule has 4 heteroatoms. The first-order valence-corrected chi connectivity index (χ1v) is 30.1. The van der Waals surface area contributed by atoms with E-state index < -0.39 is 12.1 Å². The highest BCUT2D eigenvalue weighted by Gasteiger charge is 2.18. The molecule has 0 heterocycles. The van der Waals surface area contributed by atoms with Gasteiger partial charge in [-0.15, -0.1) is 0 Å². The van der Waals surface area contributed by atoms with Crippen molar-refractivity contribution in [1.29, 1.82) is 0 Å². The maximum Gasteiger partial charge on any atom is 0.220 e. The fraction of sp³-hybridized carbons (Fsp3) is 0.918. The Morgan fingerprint density at radius 3 is 0.892 bits per heavy atom. The SMILES string of the molecule is CCCCCCCCCCCCCCCCCCC/C=C/CC/C=C/C(O)C(CO)NC(=O)CCCCCCCCCCCCCCCCCCCCCCCCCCCCCCCC. The van der Waals surface area contributed by atoms with E-state index in [9.17, 15) is 15.0 Å². The summed E-state index contributed by atoms with van der Waals surface area (Å²) in [5.41, 5.74) is 0. The molecule has 0 aromatic heterocycles. The van der Waals surface area contributed by atoms with Gasteiger partial charge in [0.1, 0.15) is 0 Å². The van der Waals surface area contributed by atoms with Crippen molar-refractivity contribution in [2.75, 3.05) is 6.61 Å². The number of aliphatic hydroxyl groups excluding tert-OH is 2. The standard InChI is InChI=1S/C61H119NO3/c1-3-5-7-9-11-13-15-17-19-21-23-25-27-28-29-30-31-32-33-35-37-39-41-43-45-47-49-51-53-55-57-61(65)62-59(58-63)60(64)56-54-52-50-48-46-44-42-40-38-36-34-26-24-22-20-18-16-14-12-10-8-6-4-2/h46,48,54,56,59-60,63-64H,3-45,47,49-53,55,57-58H2,1-2H3,(H,62,65)/b48-46+,56-54+. The molecule has 0 aliphatic carbocycles. The molecule has 1 amide bonds. The van der Waals surface area contributed by atoms with Crippen LogP contribution in [0.5, 0.6) is 0 Å². The summed E-state index contributed by atoms with van der Waals surface area (Å²) in [4.78, 5) is 12.5. The van der Waals surface area contributed by atoms with Gasteiger partial charge in [-0.3, -0.25) is 4.79 Å². The van der Waals surface area contributed by atoms with E-state index in [2.05, 4.69) is 31.3 Å². The van der Waals surface area contributed by atoms with Crippen LogP contribution in [0.15, 0.2) is 24.3 Å². The Hall–Kier alpha value is -1.13. The van der Waals surface area contributed by atoms with Gasteiger partial charge in [0.25, 0.3) is 0 Å². The molecule has 4 nitrogen and oxygen atoms in total. The smallest absolute Gasteiger partial charge is 0.220 e. The van der Waals surface area contributed by atoms with Crippen molar-refractivity contribution in [3.05, 3.63) is 24.3 Å². The minimum Gasteiger partial charge on any atom is -0.394 e. The molecule has 0 spiro atoms. The van der Waals surface area contributed by atoms with Crippen molar-refractivity contribution < 1.29 is 15.0 Å². The molecule has 0 bridgehead atoms. The number of hydrogen-bond acceptors (Lipinski definition) is 3. The van der Waals surface area contributed by atoms with Gasteiger partial charge in [0.15, 0.2) is 0 Å². The van der Waals surface area contributed by atoms with Crippen molar-refractivity contribution in [1.82, 2.24) is 5.32 Å². The molecule has 0 saturated heterocycles. The molecule has 2 atom stereocenters. The molecular weight excluding hydrogens is 795 g/mol. The third-order valence-corrected chi connectivity index (χ3v) is 14.2. The van der Waals surface area contributed by atoms with Crippen molar-refractivity contribution >= 4 is 5.91 Å². The van der Waals surface area contributed by atoms with Crippen LogP contribution in [0.2, 0.25) is 0 Å². The second-order valence-electron chi connectivity index (χ2n) is 20.8. The second-order valence-corrected chi connectivity index (χ2v) is 20.8. The van der Waals surface area contributed by atoms with Crippen LogP contribution in [0.3, 0.4) is 0 Å². The molecule has 0 rings (SSSR count). The summed E-state index contributed by atoms with van der Waals surface area (Å²) in [6, 6.07) is -0.637. The van der Waals surface area contributed by atoms with E-state index in [1.807, 2.05) is 6.08 Å². The van der Waals surface area contributed by atoms with E-state index in [-0.39, 0.29) is 12.5 Å². The number of rotatable bonds is 56. The van der Waals surface area contributed by atoms with Gasteiger partial charge in [0.05, 0.1) is 18.8 Å². The minimum atomic E-state index is -0.860. The predicted octanol–water partition coefficient (Wildman–Crippen LogP) is 19.9. The number of amides is 1. The van der Waals surface area contributed by atoms with Crippen molar-refractivity contribution in [2.24, 2.45) is 0 Å². The first-order chi connectivity index (χ1) is 32.2. The zero-order valence-corrected chi connectivity index (χ0v) is 44.5. The molecule has 0 aromatic rings. The maximum atomic E-state index is 12.5. The molecule has 0 aliphatic heterocycles. The lowest BCUT2D eigenvalue weighted by atomic mass is 10.0. The lowest BCUT2D eigenvalue weighted by molar-refractivity contribution is -0.123. The first kappa shape index (κ1) is 63.9. The molecule has 0 aromatic carbocycles. The van der Waals surface area contributed by atoms with E-state index in [1.54, 1.807) is 6.08 Å². The number of hydrogen-bond donors (Lipinski definition) is 3. The summed E-state index contributed by atoms with van der Waals surface area (Å²) in [6.45, 7) is 4.34. The Morgan fingerprint density at radius 1 is 0.354 bits per heavy atom. The molecule has 0 saturated carbocycles. The predicted molar refractivity (Wildman–Crippen MR) is 290 cm³/mol. The summed E-state index contributed by atoms with van der Waals surface area (Å²) in [7, 11) is 0. The minimum absolute atomic E-state index is 0.0657. The van der Waals surface area contributed by atoms with Gasteiger partial charge in [-0.05, 0) is 32.1 Å². The maximum absolute atomic E-state index is 12.5. The molecule has 386 valence electrons. The molecule has 3 N–H and O–H groups in total. The van der Waals surface area contributed by atoms with Gasteiger partial charge in [-0.25, -0.2) is 0 Å². The third kappa shape index (κ3) is 53.7. The summed E-state index contributed by atoms with van der Waals surface area (Å²) < 4.78 is 0. The van der Waals surface area contributed by atoms with Crippen molar-refractivity contribution in [3.63, 3.8) is 0 Å². The Balaban J connectivity index is 3.46. The third-order valence-electron chi connectivity index (χ3n) is 14.2. The molecule has 0 fully saturated rings. The summed E-state index contributed by atoms with van der Waals surface area (Å²) >= 11 is 0. The van der Waals surface area contributed by atoms with Crippen LogP contribution in [0.4, 0.5) is 0 Å². The number of unbranched alkanes of at least 4 members (excludes halogenated alkanes) is 47. The van der Waals surface area contributed by atoms with Gasteiger partial charge in [0.2, 0.25) is 5.91 Å². The topological polar surface area (TPSA) is 69.6 Å². The molecule has 2 unspecified atom stereocenters. The van der Waals surface area contributed by atoms with Crippen LogP contribution in [0.25, 0.3) is 0 Å². The average molecular weight is 915 g/mol. The van der Waals surface area contributed by atoms with Gasteiger partial charge < -0.3 is 15.5 Å². The Morgan fingerprint density at radius 2 is 0.600 bits per heavy atom. The first-order valence-electron chi connectivity index (χ1n) is 30.1. The number of carbonyl (C=O) groups is 1. The van der Waals surface area contributed by atoms with Crippen LogP contribution >= 0.6 is 0 Å². The lowest BCUT2D eigenvalue weighted by Gasteiger charge is -2.19. The van der Waals surface area contributed by atoms with Gasteiger partial charge >= 0.3 is 0 Å². The quantitative estimate of drug-likeness (QED) is 0.0421. The van der Waals surface area contributed by atoms with Crippen LogP contribution in [0.1, 0.15) is 341 Å². The zero-order valence-electron chi connectivity index (χ0n) is 44.5. The fourth-order valence-electron chi connectivity index (χ4n) is 9.61. The number of aliphatic hydroxyl groups is 2. The number of nitrogens with one attached hydrogen (secondary N) is 1. The van der Waals surface area contributed by atoms with E-state index in [1.165, 1.54) is 289 Å². The van der Waals surface area contributed by atoms with Crippen LogP contribution < -0.4 is 5.32 Å². The second kappa shape index (κ2) is 57.2. The highest BCUT2D eigenvalue weighted by Crippen LogP contribution is 2.18. The van der Waals surface area contributed by atoms with Gasteiger partial charge in [-0.1, -0.05) is 327 Å². The van der Waals surface area contributed by atoms with E-state index >= 15 is 0 Å². The molecule has 0 aliphatic rings. The zero-order chi connectivity index (χ0) is 47.0. The Kier molecular flexibility index (Phi) is 56.2. The van der Waals surface area contributed by atoms with E-state index in [0.717, 1.165) is 32.1 Å². The largest absolute Gasteiger partial charge is 0.394 e. The number of carbonyl (C=O) groups excluding carboxylic acids is 1. The fourth-order valence-corrected chi connectivity index (χ4v) is 9.61. The molecular formula is C61H119NO3. The highest BCUT2D eigenvalue weighted by atomic mass is 16.3. The van der Waals surface area contributed by atoms with E-state index in [0.29, 0.717) is 6.42 Å². The highest BCUT2D eigenvalue weighted by molar-refractivity contribution is 5.76. The van der Waals surface area contributed by atoms with E-state index in [4.69, 9.17) is 0 Å². The average Bonchev–Trinajstić information content (AvgIpc) is 3.31. The van der Waals surface area contributed by atoms with Crippen molar-refractivity contribution in [2.45, 2.75) is 353 Å². The molecule has 0 radical (unpaired) electrons. The Labute approximate surface area is 409 Å². The monoisotopic (exact) mass is 914 g/mol. The molecule has 65 heavy (non-hydrogen) atoms. The summed E-state index contributed by atoms with van der Waals surface area (Å²) in [5, 5.41) is 23.2. The summed E-state index contributed by atoms with van der Waals surface area (Å²) in [6.07, 6.45) is 76.5. The Bertz CT molecular complexity index is 947. The van der Waals surface area contributed by atoms with Crippen LogP contribution in [-0.2, 0) is 4.79 Å². The van der Waals surface area contributed by atoms with Gasteiger partial charge in [0, 0.05) is 6.42 Å². The summed E-state index contributed by atoms with van der Waals surface area (Å²) in [5.74, 6) is -0.0657. The van der Waals surface area contributed by atoms with Gasteiger partial charge in [-0.2, -0.15) is 0 Å². The normalized spacial score (nSPS) is 12.9.